The van der Waals surface area contributed by atoms with Crippen molar-refractivity contribution < 1.29 is 13.8 Å². The zero-order chi connectivity index (χ0) is 24.7. The first-order chi connectivity index (χ1) is 17.6. The van der Waals surface area contributed by atoms with E-state index < -0.39 is 0 Å². The third kappa shape index (κ3) is 6.01. The number of amides is 1. The Morgan fingerprint density at radius 1 is 0.833 bits per heavy atom. The van der Waals surface area contributed by atoms with Crippen LogP contribution < -0.4 is 0 Å². The quantitative estimate of drug-likeness (QED) is 0.351. The van der Waals surface area contributed by atoms with E-state index in [2.05, 4.69) is 37.1 Å². The molecule has 0 radical (unpaired) electrons. The standard InChI is InChI=1S/C26H29N7O3/c1-19-4-6-20(7-5-19)25-28-22(35-30-25)3-2-14-32-15-17-33(18-16-32)24(34)9-8-23-29-26(31-36-23)21-10-12-27-13-11-21/h4-7,10-13H,2-3,8-9,14-18H2,1H3. The minimum absolute atomic E-state index is 0.118. The predicted octanol–water partition coefficient (Wildman–Crippen LogP) is 3.20. The molecule has 36 heavy (non-hydrogen) atoms. The van der Waals surface area contributed by atoms with Gasteiger partial charge in [0, 0.05) is 69.0 Å². The fraction of sp³-hybridized carbons (Fsp3) is 0.385. The Balaban J connectivity index is 1.01. The van der Waals surface area contributed by atoms with Crippen LogP contribution in [0.5, 0.6) is 0 Å². The zero-order valence-corrected chi connectivity index (χ0v) is 20.3. The van der Waals surface area contributed by atoms with Gasteiger partial charge < -0.3 is 13.9 Å². The number of hydrogen-bond acceptors (Lipinski definition) is 9. The Morgan fingerprint density at radius 3 is 2.11 bits per heavy atom. The van der Waals surface area contributed by atoms with Gasteiger partial charge in [-0.3, -0.25) is 14.7 Å². The minimum Gasteiger partial charge on any atom is -0.340 e. The SMILES string of the molecule is Cc1ccc(-c2noc(CCCN3CCN(C(=O)CCc4nc(-c5ccncc5)no4)CC3)n2)cc1. The van der Waals surface area contributed by atoms with Crippen LogP contribution in [0.15, 0.2) is 57.8 Å². The van der Waals surface area contributed by atoms with Crippen LogP contribution in [0.2, 0.25) is 0 Å². The van der Waals surface area contributed by atoms with Crippen LogP contribution in [0.25, 0.3) is 22.8 Å². The van der Waals surface area contributed by atoms with Crippen molar-refractivity contribution in [2.24, 2.45) is 0 Å². The predicted molar refractivity (Wildman–Crippen MR) is 132 cm³/mol. The molecule has 0 aliphatic carbocycles. The third-order valence-corrected chi connectivity index (χ3v) is 6.33. The third-order valence-electron chi connectivity index (χ3n) is 6.33. The van der Waals surface area contributed by atoms with Crippen molar-refractivity contribution in [3.63, 3.8) is 0 Å². The molecule has 1 aliphatic heterocycles. The van der Waals surface area contributed by atoms with Gasteiger partial charge >= 0.3 is 0 Å². The first-order valence-corrected chi connectivity index (χ1v) is 12.3. The van der Waals surface area contributed by atoms with Crippen LogP contribution in [0.1, 0.15) is 30.2 Å². The van der Waals surface area contributed by atoms with Gasteiger partial charge in [0.25, 0.3) is 0 Å². The van der Waals surface area contributed by atoms with Gasteiger partial charge in [0.05, 0.1) is 0 Å². The van der Waals surface area contributed by atoms with Gasteiger partial charge in [-0.1, -0.05) is 40.1 Å². The van der Waals surface area contributed by atoms with Crippen molar-refractivity contribution in [1.29, 1.82) is 0 Å². The average Bonchev–Trinajstić information content (AvgIpc) is 3.59. The van der Waals surface area contributed by atoms with E-state index in [0.29, 0.717) is 36.3 Å². The highest BCUT2D eigenvalue weighted by atomic mass is 16.5. The second-order valence-corrected chi connectivity index (χ2v) is 8.95. The topological polar surface area (TPSA) is 114 Å². The van der Waals surface area contributed by atoms with Crippen LogP contribution >= 0.6 is 0 Å². The van der Waals surface area contributed by atoms with E-state index in [-0.39, 0.29) is 5.91 Å². The highest BCUT2D eigenvalue weighted by Gasteiger charge is 2.21. The van der Waals surface area contributed by atoms with Crippen LogP contribution in [0, 0.1) is 6.92 Å². The first kappa shape index (κ1) is 23.8. The van der Waals surface area contributed by atoms with Crippen molar-refractivity contribution in [2.45, 2.75) is 32.6 Å². The molecular weight excluding hydrogens is 458 g/mol. The number of carbonyl (C=O) groups is 1. The van der Waals surface area contributed by atoms with E-state index in [9.17, 15) is 4.79 Å². The maximum Gasteiger partial charge on any atom is 0.227 e. The molecule has 10 nitrogen and oxygen atoms in total. The molecular formula is C26H29N7O3. The summed E-state index contributed by atoms with van der Waals surface area (Å²) in [5.41, 5.74) is 3.00. The molecule has 186 valence electrons. The summed E-state index contributed by atoms with van der Waals surface area (Å²) in [6.07, 6.45) is 5.83. The lowest BCUT2D eigenvalue weighted by Crippen LogP contribution is -2.48. The van der Waals surface area contributed by atoms with Crippen molar-refractivity contribution in [3.05, 3.63) is 66.1 Å². The number of rotatable bonds is 9. The first-order valence-electron chi connectivity index (χ1n) is 12.3. The highest BCUT2D eigenvalue weighted by Crippen LogP contribution is 2.18. The monoisotopic (exact) mass is 487 g/mol. The summed E-state index contributed by atoms with van der Waals surface area (Å²) in [4.78, 5) is 29.9. The second kappa shape index (κ2) is 11.2. The fourth-order valence-corrected chi connectivity index (χ4v) is 4.20. The number of piperazine rings is 1. The molecule has 1 fully saturated rings. The maximum atomic E-state index is 12.7. The largest absolute Gasteiger partial charge is 0.340 e. The van der Waals surface area contributed by atoms with Crippen molar-refractivity contribution in [1.82, 2.24) is 35.1 Å². The van der Waals surface area contributed by atoms with Crippen LogP contribution in [-0.2, 0) is 17.6 Å². The summed E-state index contributed by atoms with van der Waals surface area (Å²) in [7, 11) is 0. The Bertz CT molecular complexity index is 1260. The molecule has 0 unspecified atom stereocenters. The Kier molecular flexibility index (Phi) is 7.41. The summed E-state index contributed by atoms with van der Waals surface area (Å²) in [6.45, 7) is 6.15. The smallest absolute Gasteiger partial charge is 0.227 e. The van der Waals surface area contributed by atoms with Crippen molar-refractivity contribution >= 4 is 5.91 Å². The van der Waals surface area contributed by atoms with Gasteiger partial charge in [-0.05, 0) is 32.0 Å². The molecule has 1 saturated heterocycles. The van der Waals surface area contributed by atoms with Gasteiger partial charge in [-0.25, -0.2) is 0 Å². The summed E-state index contributed by atoms with van der Waals surface area (Å²) in [5.74, 6) is 2.40. The maximum absolute atomic E-state index is 12.7. The molecule has 1 aliphatic rings. The summed E-state index contributed by atoms with van der Waals surface area (Å²) in [5, 5.41) is 8.10. The van der Waals surface area contributed by atoms with E-state index in [0.717, 1.165) is 56.7 Å². The summed E-state index contributed by atoms with van der Waals surface area (Å²) in [6, 6.07) is 11.7. The normalized spacial score (nSPS) is 14.3. The number of aromatic nitrogens is 5. The molecule has 4 aromatic rings. The number of benzene rings is 1. The van der Waals surface area contributed by atoms with Gasteiger partial charge in [-0.15, -0.1) is 0 Å². The number of aryl methyl sites for hydroxylation is 3. The summed E-state index contributed by atoms with van der Waals surface area (Å²) < 4.78 is 10.7. The van der Waals surface area contributed by atoms with E-state index in [1.54, 1.807) is 12.4 Å². The van der Waals surface area contributed by atoms with Crippen molar-refractivity contribution in [2.75, 3.05) is 32.7 Å². The number of pyridine rings is 1. The zero-order valence-electron chi connectivity index (χ0n) is 20.3. The van der Waals surface area contributed by atoms with Gasteiger partial charge in [0.1, 0.15) is 0 Å². The molecule has 4 heterocycles. The fourth-order valence-electron chi connectivity index (χ4n) is 4.20. The molecule has 0 N–H and O–H groups in total. The molecule has 1 amide bonds. The Hall–Kier alpha value is -3.92. The van der Waals surface area contributed by atoms with Crippen LogP contribution in [0.4, 0.5) is 0 Å². The molecule has 0 bridgehead atoms. The van der Waals surface area contributed by atoms with Gasteiger partial charge in [0.2, 0.25) is 29.3 Å². The Labute approximate surface area is 209 Å². The van der Waals surface area contributed by atoms with Crippen LogP contribution in [-0.4, -0.2) is 73.7 Å². The van der Waals surface area contributed by atoms with Crippen molar-refractivity contribution in [3.8, 4) is 22.8 Å². The van der Waals surface area contributed by atoms with E-state index in [4.69, 9.17) is 9.05 Å². The average molecular weight is 488 g/mol. The lowest BCUT2D eigenvalue weighted by molar-refractivity contribution is -0.133. The van der Waals surface area contributed by atoms with Gasteiger partial charge in [-0.2, -0.15) is 9.97 Å². The lowest BCUT2D eigenvalue weighted by Gasteiger charge is -2.34. The minimum atomic E-state index is 0.118. The molecule has 5 rings (SSSR count). The lowest BCUT2D eigenvalue weighted by atomic mass is 10.1. The number of nitrogens with zero attached hydrogens (tertiary/aromatic N) is 7. The van der Waals surface area contributed by atoms with E-state index in [1.807, 2.05) is 41.3 Å². The highest BCUT2D eigenvalue weighted by molar-refractivity contribution is 5.76. The molecule has 1 aromatic carbocycles. The Morgan fingerprint density at radius 2 is 1.44 bits per heavy atom. The molecule has 0 atom stereocenters. The molecule has 0 saturated carbocycles. The molecule has 10 heteroatoms. The van der Waals surface area contributed by atoms with Crippen LogP contribution in [0.3, 0.4) is 0 Å². The van der Waals surface area contributed by atoms with Gasteiger partial charge in [0.15, 0.2) is 0 Å². The van der Waals surface area contributed by atoms with E-state index >= 15 is 0 Å². The second-order valence-electron chi connectivity index (χ2n) is 8.95. The number of carbonyl (C=O) groups excluding carboxylic acids is 1. The number of hydrogen-bond donors (Lipinski definition) is 0. The molecule has 3 aromatic heterocycles. The molecule has 0 spiro atoms. The van der Waals surface area contributed by atoms with E-state index in [1.165, 1.54) is 5.56 Å². The summed E-state index contributed by atoms with van der Waals surface area (Å²) >= 11 is 0.